The van der Waals surface area contributed by atoms with Crippen LogP contribution >= 0.6 is 0 Å². The fourth-order valence-electron chi connectivity index (χ4n) is 1.25. The molecule has 0 aromatic heterocycles. The van der Waals surface area contributed by atoms with Crippen molar-refractivity contribution in [2.24, 2.45) is 0 Å². The molecule has 0 aliphatic rings. The molecular formula is C10H14N2O2. The van der Waals surface area contributed by atoms with Crippen molar-refractivity contribution in [1.82, 2.24) is 0 Å². The molecule has 0 atom stereocenters. The number of nitrogen functional groups attached to an aromatic ring is 2. The smallest absolute Gasteiger partial charge is 0.310 e. The van der Waals surface area contributed by atoms with Crippen molar-refractivity contribution in [3.05, 3.63) is 23.3 Å². The quantitative estimate of drug-likeness (QED) is 0.541. The average Bonchev–Trinajstić information content (AvgIpc) is 2.18. The lowest BCUT2D eigenvalue weighted by atomic mass is 10.0. The van der Waals surface area contributed by atoms with E-state index >= 15 is 0 Å². The van der Waals surface area contributed by atoms with Gasteiger partial charge in [-0.05, 0) is 30.2 Å². The third-order valence-electron chi connectivity index (χ3n) is 2.23. The predicted octanol–water partition coefficient (Wildman–Crippen LogP) is 0.875. The second kappa shape index (κ2) is 4.00. The minimum atomic E-state index is -0.314. The van der Waals surface area contributed by atoms with Crippen LogP contribution < -0.4 is 11.5 Å². The van der Waals surface area contributed by atoms with Crippen LogP contribution in [0.4, 0.5) is 11.4 Å². The molecule has 14 heavy (non-hydrogen) atoms. The summed E-state index contributed by atoms with van der Waals surface area (Å²) in [4.78, 5) is 11.1. The van der Waals surface area contributed by atoms with Gasteiger partial charge in [-0.3, -0.25) is 4.79 Å². The van der Waals surface area contributed by atoms with Gasteiger partial charge in [0.15, 0.2) is 0 Å². The number of carbonyl (C=O) groups excluding carboxylic acids is 1. The summed E-state index contributed by atoms with van der Waals surface area (Å²) in [6, 6.07) is 3.42. The molecule has 4 heteroatoms. The van der Waals surface area contributed by atoms with Gasteiger partial charge < -0.3 is 16.2 Å². The van der Waals surface area contributed by atoms with Gasteiger partial charge in [-0.1, -0.05) is 0 Å². The van der Waals surface area contributed by atoms with E-state index in [2.05, 4.69) is 4.74 Å². The van der Waals surface area contributed by atoms with Crippen LogP contribution in [0.25, 0.3) is 0 Å². The lowest BCUT2D eigenvalue weighted by Crippen LogP contribution is -2.09. The van der Waals surface area contributed by atoms with Crippen LogP contribution in [0.5, 0.6) is 0 Å². The van der Waals surface area contributed by atoms with E-state index in [1.807, 2.05) is 6.92 Å². The summed E-state index contributed by atoms with van der Waals surface area (Å²) in [6.45, 7) is 1.84. The van der Waals surface area contributed by atoms with Gasteiger partial charge in [0.25, 0.3) is 0 Å². The van der Waals surface area contributed by atoms with Crippen LogP contribution in [0.2, 0.25) is 0 Å². The second-order valence-electron chi connectivity index (χ2n) is 3.10. The van der Waals surface area contributed by atoms with Gasteiger partial charge in [0.1, 0.15) is 0 Å². The minimum Gasteiger partial charge on any atom is -0.469 e. The summed E-state index contributed by atoms with van der Waals surface area (Å²) in [6.07, 6.45) is 0.166. The maximum Gasteiger partial charge on any atom is 0.310 e. The number of methoxy groups -OCH3 is 1. The topological polar surface area (TPSA) is 78.3 Å². The van der Waals surface area contributed by atoms with Gasteiger partial charge in [-0.2, -0.15) is 0 Å². The van der Waals surface area contributed by atoms with Gasteiger partial charge in [-0.25, -0.2) is 0 Å². The Morgan fingerprint density at radius 3 is 2.50 bits per heavy atom. The van der Waals surface area contributed by atoms with Crippen molar-refractivity contribution in [1.29, 1.82) is 0 Å². The first-order chi connectivity index (χ1) is 6.56. The first-order valence-corrected chi connectivity index (χ1v) is 4.26. The molecule has 0 saturated carbocycles. The monoisotopic (exact) mass is 194 g/mol. The lowest BCUT2D eigenvalue weighted by molar-refractivity contribution is -0.139. The minimum absolute atomic E-state index is 0.166. The Balaban J connectivity index is 3.06. The van der Waals surface area contributed by atoms with Crippen LogP contribution in [-0.2, 0) is 16.0 Å². The molecule has 1 rings (SSSR count). The molecule has 0 heterocycles. The summed E-state index contributed by atoms with van der Waals surface area (Å²) < 4.78 is 4.57. The molecule has 76 valence electrons. The normalized spacial score (nSPS) is 9.86. The fraction of sp³-hybridized carbons (Fsp3) is 0.300. The predicted molar refractivity (Wildman–Crippen MR) is 55.7 cm³/mol. The van der Waals surface area contributed by atoms with Crippen molar-refractivity contribution in [2.75, 3.05) is 18.6 Å². The fourth-order valence-corrected chi connectivity index (χ4v) is 1.25. The maximum atomic E-state index is 11.1. The number of hydrogen-bond acceptors (Lipinski definition) is 4. The van der Waals surface area contributed by atoms with Crippen molar-refractivity contribution in [2.45, 2.75) is 13.3 Å². The van der Waals surface area contributed by atoms with Crippen LogP contribution in [0, 0.1) is 6.92 Å². The Kier molecular flexibility index (Phi) is 2.96. The molecule has 1 aromatic rings. The molecule has 0 radical (unpaired) electrons. The van der Waals surface area contributed by atoms with Crippen molar-refractivity contribution in [3.8, 4) is 0 Å². The first-order valence-electron chi connectivity index (χ1n) is 4.26. The van der Waals surface area contributed by atoms with Gasteiger partial charge in [0, 0.05) is 11.4 Å². The van der Waals surface area contributed by atoms with Crippen LogP contribution in [-0.4, -0.2) is 13.1 Å². The highest BCUT2D eigenvalue weighted by Gasteiger charge is 2.10. The van der Waals surface area contributed by atoms with Gasteiger partial charge in [0.05, 0.1) is 13.5 Å². The zero-order chi connectivity index (χ0) is 10.7. The molecule has 0 bridgehead atoms. The third kappa shape index (κ3) is 1.96. The second-order valence-corrected chi connectivity index (χ2v) is 3.10. The van der Waals surface area contributed by atoms with E-state index in [4.69, 9.17) is 11.5 Å². The van der Waals surface area contributed by atoms with Gasteiger partial charge in [-0.15, -0.1) is 0 Å². The van der Waals surface area contributed by atoms with Crippen LogP contribution in [0.3, 0.4) is 0 Å². The lowest BCUT2D eigenvalue weighted by Gasteiger charge is -2.10. The molecule has 0 saturated heterocycles. The van der Waals surface area contributed by atoms with Crippen molar-refractivity contribution < 1.29 is 9.53 Å². The van der Waals surface area contributed by atoms with Gasteiger partial charge >= 0.3 is 5.97 Å². The van der Waals surface area contributed by atoms with E-state index in [0.29, 0.717) is 11.4 Å². The van der Waals surface area contributed by atoms with E-state index in [1.54, 1.807) is 12.1 Å². The standard InChI is InChI=1S/C10H14N2O2/c1-6-7(5-10(13)14-2)9(12)4-3-8(6)11/h3-4H,5,11-12H2,1-2H3. The zero-order valence-electron chi connectivity index (χ0n) is 8.33. The number of anilines is 2. The molecule has 0 aliphatic heterocycles. The molecule has 0 unspecified atom stereocenters. The highest BCUT2D eigenvalue weighted by atomic mass is 16.5. The van der Waals surface area contributed by atoms with Crippen molar-refractivity contribution >= 4 is 17.3 Å². The number of esters is 1. The van der Waals surface area contributed by atoms with E-state index in [0.717, 1.165) is 11.1 Å². The highest BCUT2D eigenvalue weighted by Crippen LogP contribution is 2.22. The molecule has 0 spiro atoms. The molecule has 4 N–H and O–H groups in total. The molecule has 1 aromatic carbocycles. The highest BCUT2D eigenvalue weighted by molar-refractivity contribution is 5.77. The van der Waals surface area contributed by atoms with E-state index < -0.39 is 0 Å². The first kappa shape index (κ1) is 10.4. The summed E-state index contributed by atoms with van der Waals surface area (Å²) >= 11 is 0. The average molecular weight is 194 g/mol. The Morgan fingerprint density at radius 2 is 1.93 bits per heavy atom. The zero-order valence-corrected chi connectivity index (χ0v) is 8.33. The Labute approximate surface area is 82.8 Å². The molecule has 0 fully saturated rings. The van der Waals surface area contributed by atoms with Crippen LogP contribution in [0.1, 0.15) is 11.1 Å². The van der Waals surface area contributed by atoms with Crippen LogP contribution in [0.15, 0.2) is 12.1 Å². The van der Waals surface area contributed by atoms with Crippen molar-refractivity contribution in [3.63, 3.8) is 0 Å². The number of hydrogen-bond donors (Lipinski definition) is 2. The third-order valence-corrected chi connectivity index (χ3v) is 2.23. The number of rotatable bonds is 2. The number of benzene rings is 1. The van der Waals surface area contributed by atoms with Gasteiger partial charge in [0.2, 0.25) is 0 Å². The molecule has 0 aliphatic carbocycles. The molecule has 0 amide bonds. The van der Waals surface area contributed by atoms with E-state index in [9.17, 15) is 4.79 Å². The Bertz CT molecular complexity index is 361. The number of carbonyl (C=O) groups is 1. The van der Waals surface area contributed by atoms with E-state index in [-0.39, 0.29) is 12.4 Å². The number of ether oxygens (including phenoxy) is 1. The summed E-state index contributed by atoms with van der Waals surface area (Å²) in [5, 5.41) is 0. The number of nitrogens with two attached hydrogens (primary N) is 2. The van der Waals surface area contributed by atoms with E-state index in [1.165, 1.54) is 7.11 Å². The summed E-state index contributed by atoms with van der Waals surface area (Å²) in [7, 11) is 1.35. The Hall–Kier alpha value is -1.71. The molecular weight excluding hydrogens is 180 g/mol. The Morgan fingerprint density at radius 1 is 1.36 bits per heavy atom. The summed E-state index contributed by atoms with van der Waals surface area (Å²) in [5.74, 6) is -0.314. The SMILES string of the molecule is COC(=O)Cc1c(N)ccc(N)c1C. The largest absolute Gasteiger partial charge is 0.469 e. The molecule has 4 nitrogen and oxygen atoms in total. The maximum absolute atomic E-state index is 11.1. The summed E-state index contributed by atoms with van der Waals surface area (Å²) in [5.41, 5.74) is 14.2.